The van der Waals surface area contributed by atoms with Crippen LogP contribution in [0.25, 0.3) is 11.2 Å². The molecule has 1 aliphatic carbocycles. The maximum atomic E-state index is 11.9. The van der Waals surface area contributed by atoms with Gasteiger partial charge in [0.1, 0.15) is 5.52 Å². The summed E-state index contributed by atoms with van der Waals surface area (Å²) in [6.45, 7) is 2.96. The lowest BCUT2D eigenvalue weighted by Gasteiger charge is -2.18. The molecule has 0 aromatic carbocycles. The molecule has 3 rings (SSSR count). The van der Waals surface area contributed by atoms with Gasteiger partial charge in [0.2, 0.25) is 11.9 Å². The third-order valence-corrected chi connectivity index (χ3v) is 3.29. The summed E-state index contributed by atoms with van der Waals surface area (Å²) in [6, 6.07) is 0.362. The molecule has 8 heteroatoms. The molecular weight excluding hydrogens is 270 g/mol. The zero-order chi connectivity index (χ0) is 14.8. The molecule has 2 heterocycles. The molecule has 3 N–H and O–H groups in total. The molecule has 0 unspecified atom stereocenters. The molecule has 0 spiro atoms. The van der Waals surface area contributed by atoms with Crippen molar-refractivity contribution in [3.8, 4) is 0 Å². The van der Waals surface area contributed by atoms with Crippen LogP contribution in [0.2, 0.25) is 0 Å². The Balaban J connectivity index is 1.82. The Labute approximate surface area is 122 Å². The highest BCUT2D eigenvalue weighted by Gasteiger charge is 2.24. The highest BCUT2D eigenvalue weighted by molar-refractivity contribution is 5.88. The second-order valence-corrected chi connectivity index (χ2v) is 5.20. The highest BCUT2D eigenvalue weighted by atomic mass is 16.2. The predicted molar refractivity (Wildman–Crippen MR) is 80.3 cm³/mol. The van der Waals surface area contributed by atoms with E-state index in [9.17, 15) is 4.79 Å². The summed E-state index contributed by atoms with van der Waals surface area (Å²) in [5, 5.41) is 6.05. The van der Waals surface area contributed by atoms with E-state index >= 15 is 0 Å². The van der Waals surface area contributed by atoms with Crippen LogP contribution in [0, 0.1) is 0 Å². The molecule has 2 aromatic heterocycles. The van der Waals surface area contributed by atoms with Gasteiger partial charge in [0.15, 0.2) is 11.5 Å². The van der Waals surface area contributed by atoms with E-state index in [1.165, 1.54) is 0 Å². The predicted octanol–water partition coefficient (Wildman–Crippen LogP) is 0.499. The number of fused-ring (bicyclic) bond motifs is 1. The fourth-order valence-electron chi connectivity index (χ4n) is 2.12. The molecule has 0 aliphatic heterocycles. The third kappa shape index (κ3) is 3.04. The average Bonchev–Trinajstić information content (AvgIpc) is 3.12. The number of aromatic nitrogens is 4. The standard InChI is InChI=1S/C13H19N7O/c1-3-14-13-18-11-10(15-7-16-11)12(19-13)20(2)6-9(21)17-8-4-5-8/h7-8H,3-6H2,1-2H3,(H,17,21)(H2,14,15,16,18,19). The van der Waals surface area contributed by atoms with Gasteiger partial charge < -0.3 is 20.5 Å². The van der Waals surface area contributed by atoms with Crippen molar-refractivity contribution in [2.45, 2.75) is 25.8 Å². The van der Waals surface area contributed by atoms with E-state index in [0.717, 1.165) is 24.9 Å². The van der Waals surface area contributed by atoms with Crippen molar-refractivity contribution in [2.75, 3.05) is 30.4 Å². The lowest BCUT2D eigenvalue weighted by atomic mass is 10.4. The Hall–Kier alpha value is -2.38. The largest absolute Gasteiger partial charge is 0.354 e. The number of rotatable bonds is 6. The molecule has 1 amide bonds. The minimum atomic E-state index is 0.0104. The Morgan fingerprint density at radius 1 is 1.48 bits per heavy atom. The van der Waals surface area contributed by atoms with Gasteiger partial charge in [0.05, 0.1) is 12.9 Å². The fraction of sp³-hybridized carbons (Fsp3) is 0.538. The number of H-pyrrole nitrogens is 1. The topological polar surface area (TPSA) is 98.8 Å². The molecule has 8 nitrogen and oxygen atoms in total. The molecule has 0 saturated heterocycles. The summed E-state index contributed by atoms with van der Waals surface area (Å²) in [5.41, 5.74) is 1.32. The van der Waals surface area contributed by atoms with Crippen molar-refractivity contribution in [2.24, 2.45) is 0 Å². The summed E-state index contributed by atoms with van der Waals surface area (Å²) in [7, 11) is 1.84. The van der Waals surface area contributed by atoms with Gasteiger partial charge in [0.25, 0.3) is 0 Å². The first-order valence-corrected chi connectivity index (χ1v) is 7.13. The average molecular weight is 289 g/mol. The maximum absolute atomic E-state index is 11.9. The van der Waals surface area contributed by atoms with Crippen LogP contribution in [-0.4, -0.2) is 52.0 Å². The molecule has 0 radical (unpaired) electrons. The number of hydrogen-bond acceptors (Lipinski definition) is 6. The maximum Gasteiger partial charge on any atom is 0.239 e. The normalized spacial score (nSPS) is 14.2. The number of nitrogens with one attached hydrogen (secondary N) is 3. The van der Waals surface area contributed by atoms with Crippen molar-refractivity contribution in [1.29, 1.82) is 0 Å². The molecule has 112 valence electrons. The number of carbonyl (C=O) groups excluding carboxylic acids is 1. The van der Waals surface area contributed by atoms with E-state index in [0.29, 0.717) is 23.5 Å². The number of hydrogen-bond donors (Lipinski definition) is 3. The van der Waals surface area contributed by atoms with Crippen LogP contribution in [0.3, 0.4) is 0 Å². The van der Waals surface area contributed by atoms with Gasteiger partial charge in [-0.1, -0.05) is 0 Å². The number of amides is 1. The summed E-state index contributed by atoms with van der Waals surface area (Å²) in [4.78, 5) is 29.7. The third-order valence-electron chi connectivity index (χ3n) is 3.29. The van der Waals surface area contributed by atoms with E-state index in [2.05, 4.69) is 30.6 Å². The molecule has 21 heavy (non-hydrogen) atoms. The van der Waals surface area contributed by atoms with Crippen LogP contribution in [0.15, 0.2) is 6.33 Å². The van der Waals surface area contributed by atoms with Crippen LogP contribution >= 0.6 is 0 Å². The molecule has 1 fully saturated rings. The van der Waals surface area contributed by atoms with Gasteiger partial charge in [-0.3, -0.25) is 4.79 Å². The first-order valence-electron chi connectivity index (χ1n) is 7.13. The van der Waals surface area contributed by atoms with Crippen molar-refractivity contribution in [3.05, 3.63) is 6.33 Å². The van der Waals surface area contributed by atoms with Crippen molar-refractivity contribution in [1.82, 2.24) is 25.3 Å². The van der Waals surface area contributed by atoms with Crippen LogP contribution in [0.5, 0.6) is 0 Å². The molecular formula is C13H19N7O. The quantitative estimate of drug-likeness (QED) is 0.716. The van der Waals surface area contributed by atoms with Crippen LogP contribution in [0.1, 0.15) is 19.8 Å². The van der Waals surface area contributed by atoms with Crippen LogP contribution in [0.4, 0.5) is 11.8 Å². The van der Waals surface area contributed by atoms with Gasteiger partial charge in [-0.05, 0) is 19.8 Å². The molecule has 0 atom stereocenters. The Morgan fingerprint density at radius 2 is 2.29 bits per heavy atom. The monoisotopic (exact) mass is 289 g/mol. The summed E-state index contributed by atoms with van der Waals surface area (Å²) < 4.78 is 0. The number of nitrogens with zero attached hydrogens (tertiary/aromatic N) is 4. The number of aromatic amines is 1. The van der Waals surface area contributed by atoms with Crippen LogP contribution < -0.4 is 15.5 Å². The minimum Gasteiger partial charge on any atom is -0.354 e. The van der Waals surface area contributed by atoms with Gasteiger partial charge in [-0.15, -0.1) is 0 Å². The van der Waals surface area contributed by atoms with E-state index in [1.807, 2.05) is 14.0 Å². The first-order chi connectivity index (χ1) is 10.2. The SMILES string of the molecule is CCNc1nc(N(C)CC(=O)NC2CC2)c2[nH]cnc2n1. The minimum absolute atomic E-state index is 0.0104. The zero-order valence-corrected chi connectivity index (χ0v) is 12.2. The lowest BCUT2D eigenvalue weighted by Crippen LogP contribution is -2.36. The van der Waals surface area contributed by atoms with E-state index in [-0.39, 0.29) is 12.5 Å². The summed E-state index contributed by atoms with van der Waals surface area (Å²) >= 11 is 0. The van der Waals surface area contributed by atoms with Crippen molar-refractivity contribution in [3.63, 3.8) is 0 Å². The van der Waals surface area contributed by atoms with Gasteiger partial charge >= 0.3 is 0 Å². The first kappa shape index (κ1) is 13.6. The lowest BCUT2D eigenvalue weighted by molar-refractivity contribution is -0.119. The molecule has 2 aromatic rings. The van der Waals surface area contributed by atoms with E-state index in [1.54, 1.807) is 11.2 Å². The molecule has 1 aliphatic rings. The van der Waals surface area contributed by atoms with Crippen LogP contribution in [-0.2, 0) is 4.79 Å². The molecule has 1 saturated carbocycles. The number of likely N-dealkylation sites (N-methyl/N-ethyl adjacent to an activating group) is 1. The van der Waals surface area contributed by atoms with E-state index < -0.39 is 0 Å². The fourth-order valence-corrected chi connectivity index (χ4v) is 2.12. The summed E-state index contributed by atoms with van der Waals surface area (Å²) in [5.74, 6) is 1.19. The summed E-state index contributed by atoms with van der Waals surface area (Å²) in [6.07, 6.45) is 3.74. The second-order valence-electron chi connectivity index (χ2n) is 5.20. The van der Waals surface area contributed by atoms with E-state index in [4.69, 9.17) is 0 Å². The van der Waals surface area contributed by atoms with Gasteiger partial charge in [-0.25, -0.2) is 4.98 Å². The van der Waals surface area contributed by atoms with Gasteiger partial charge in [-0.2, -0.15) is 9.97 Å². The van der Waals surface area contributed by atoms with Crippen molar-refractivity contribution < 1.29 is 4.79 Å². The zero-order valence-electron chi connectivity index (χ0n) is 12.2. The Kier molecular flexibility index (Phi) is 3.59. The number of imidazole rings is 1. The Bertz CT molecular complexity index is 649. The number of carbonyl (C=O) groups is 1. The second kappa shape index (κ2) is 5.55. The smallest absolute Gasteiger partial charge is 0.239 e. The number of anilines is 2. The Morgan fingerprint density at radius 3 is 3.00 bits per heavy atom. The van der Waals surface area contributed by atoms with Gasteiger partial charge in [0, 0.05) is 19.6 Å². The van der Waals surface area contributed by atoms with Crippen molar-refractivity contribution >= 4 is 28.8 Å². The molecule has 0 bridgehead atoms. The highest BCUT2D eigenvalue weighted by Crippen LogP contribution is 2.22.